The predicted octanol–water partition coefficient (Wildman–Crippen LogP) is 5.99. The first-order chi connectivity index (χ1) is 12.6. The van der Waals surface area contributed by atoms with Gasteiger partial charge in [-0.05, 0) is 42.0 Å². The van der Waals surface area contributed by atoms with E-state index in [2.05, 4.69) is 12.6 Å². The Labute approximate surface area is 169 Å². The van der Waals surface area contributed by atoms with Crippen molar-refractivity contribution in [3.05, 3.63) is 107 Å². The zero-order chi connectivity index (χ0) is 18.8. The van der Waals surface area contributed by atoms with Gasteiger partial charge in [0.05, 0.1) is 0 Å². The van der Waals surface area contributed by atoms with E-state index in [-0.39, 0.29) is 5.12 Å². The van der Waals surface area contributed by atoms with Gasteiger partial charge < -0.3 is 4.74 Å². The molecule has 0 aliphatic rings. The van der Waals surface area contributed by atoms with Gasteiger partial charge in [-0.15, -0.1) is 12.6 Å². The maximum absolute atomic E-state index is 10.5. The fraction of sp³-hybridized carbons (Fsp3) is 0.0476. The van der Waals surface area contributed by atoms with Crippen molar-refractivity contribution in [3.63, 3.8) is 0 Å². The van der Waals surface area contributed by atoms with Crippen molar-refractivity contribution in [2.75, 3.05) is 0 Å². The van der Waals surface area contributed by atoms with Crippen molar-refractivity contribution < 1.29 is 9.53 Å². The Morgan fingerprint density at radius 3 is 1.88 bits per heavy atom. The lowest BCUT2D eigenvalue weighted by atomic mass is 10.2. The smallest absolute Gasteiger partial charge is 0.216 e. The Morgan fingerprint density at radius 1 is 0.846 bits per heavy atom. The van der Waals surface area contributed by atoms with Gasteiger partial charge in [0.25, 0.3) is 0 Å². The van der Waals surface area contributed by atoms with E-state index < -0.39 is 0 Å². The monoisotopic (exact) mass is 400 g/mol. The van der Waals surface area contributed by atoms with Crippen molar-refractivity contribution in [2.45, 2.75) is 6.61 Å². The van der Waals surface area contributed by atoms with Gasteiger partial charge in [-0.3, -0.25) is 4.79 Å². The number of ether oxygens (including phenoxy) is 1. The summed E-state index contributed by atoms with van der Waals surface area (Å²) < 4.78 is 5.54. The Balaban J connectivity index is 0.000000228. The summed E-state index contributed by atoms with van der Waals surface area (Å²) in [6, 6.07) is 26.2. The number of carbonyl (C=O) groups is 1. The molecular weight excluding hydrogens is 384 g/mol. The van der Waals surface area contributed by atoms with Gasteiger partial charge >= 0.3 is 0 Å². The standard InChI is InChI=1S/C14H11ClOS.C7H6OS/c15-13-8-6-12(7-9-13)14(17)16-10-11-4-2-1-3-5-11;8-7(9)6-4-2-1-3-5-6/h1-9H,10H2;1-5H,(H,8,9). The van der Waals surface area contributed by atoms with Crippen LogP contribution in [0.5, 0.6) is 0 Å². The molecule has 0 amide bonds. The van der Waals surface area contributed by atoms with Crippen LogP contribution in [-0.2, 0) is 11.3 Å². The minimum absolute atomic E-state index is 0.185. The maximum atomic E-state index is 10.5. The van der Waals surface area contributed by atoms with Gasteiger partial charge in [0.1, 0.15) is 6.61 Å². The van der Waals surface area contributed by atoms with Crippen LogP contribution < -0.4 is 0 Å². The molecule has 0 bridgehead atoms. The zero-order valence-corrected chi connectivity index (χ0v) is 16.3. The largest absolute Gasteiger partial charge is 0.478 e. The molecule has 2 nitrogen and oxygen atoms in total. The van der Waals surface area contributed by atoms with E-state index in [0.717, 1.165) is 11.1 Å². The van der Waals surface area contributed by atoms with Crippen LogP contribution in [0.3, 0.4) is 0 Å². The van der Waals surface area contributed by atoms with E-state index in [0.29, 0.717) is 22.2 Å². The normalized spacial score (nSPS) is 9.62. The molecule has 132 valence electrons. The highest BCUT2D eigenvalue weighted by molar-refractivity contribution is 7.97. The number of hydrogen-bond donors (Lipinski definition) is 1. The van der Waals surface area contributed by atoms with Crippen molar-refractivity contribution in [1.29, 1.82) is 0 Å². The average Bonchev–Trinajstić information content (AvgIpc) is 2.68. The Kier molecular flexibility index (Phi) is 8.35. The summed E-state index contributed by atoms with van der Waals surface area (Å²) in [4.78, 5) is 10.5. The number of benzene rings is 3. The lowest BCUT2D eigenvalue weighted by molar-refractivity contribution is 0.109. The van der Waals surface area contributed by atoms with E-state index in [4.69, 9.17) is 28.6 Å². The topological polar surface area (TPSA) is 26.3 Å². The van der Waals surface area contributed by atoms with E-state index >= 15 is 0 Å². The number of thiocarbonyl (C=S) groups is 1. The summed E-state index contributed by atoms with van der Waals surface area (Å²) >= 11 is 14.7. The molecule has 3 aromatic carbocycles. The van der Waals surface area contributed by atoms with Crippen molar-refractivity contribution >= 4 is 46.6 Å². The lowest BCUT2D eigenvalue weighted by Crippen LogP contribution is -2.03. The van der Waals surface area contributed by atoms with Crippen LogP contribution in [0.2, 0.25) is 5.02 Å². The molecule has 0 saturated carbocycles. The van der Waals surface area contributed by atoms with Gasteiger partial charge in [0, 0.05) is 16.1 Å². The summed E-state index contributed by atoms with van der Waals surface area (Å²) in [6.07, 6.45) is 0. The average molecular weight is 401 g/mol. The molecule has 0 aliphatic heterocycles. The molecule has 0 saturated heterocycles. The summed E-state index contributed by atoms with van der Waals surface area (Å²) in [6.45, 7) is 0.488. The van der Waals surface area contributed by atoms with Crippen LogP contribution in [0.25, 0.3) is 0 Å². The third kappa shape index (κ3) is 7.00. The predicted molar refractivity (Wildman–Crippen MR) is 114 cm³/mol. The zero-order valence-electron chi connectivity index (χ0n) is 13.8. The summed E-state index contributed by atoms with van der Waals surface area (Å²) in [5, 5.41) is 1.00. The number of thiol groups is 1. The second-order valence-corrected chi connectivity index (χ2v) is 6.45. The van der Waals surface area contributed by atoms with Gasteiger partial charge in [0.2, 0.25) is 5.12 Å². The first-order valence-corrected chi connectivity index (χ1v) is 9.04. The third-order valence-electron chi connectivity index (χ3n) is 3.31. The van der Waals surface area contributed by atoms with Gasteiger partial charge in [-0.2, -0.15) is 0 Å². The fourth-order valence-corrected chi connectivity index (χ4v) is 2.44. The van der Waals surface area contributed by atoms with E-state index in [1.54, 1.807) is 24.3 Å². The summed E-state index contributed by atoms with van der Waals surface area (Å²) in [7, 11) is 0. The molecular formula is C21H17ClO2S2. The first-order valence-electron chi connectivity index (χ1n) is 7.81. The highest BCUT2D eigenvalue weighted by Crippen LogP contribution is 2.12. The fourth-order valence-electron chi connectivity index (χ4n) is 1.97. The molecule has 0 spiro atoms. The Hall–Kier alpha value is -2.14. The molecule has 0 unspecified atom stereocenters. The molecule has 3 rings (SSSR count). The highest BCUT2D eigenvalue weighted by atomic mass is 35.5. The van der Waals surface area contributed by atoms with Crippen LogP contribution in [0.4, 0.5) is 0 Å². The number of halogens is 1. The second kappa shape index (κ2) is 10.8. The van der Waals surface area contributed by atoms with E-state index in [9.17, 15) is 4.79 Å². The summed E-state index contributed by atoms with van der Waals surface area (Å²) in [5.74, 6) is 0. The van der Waals surface area contributed by atoms with Crippen molar-refractivity contribution in [3.8, 4) is 0 Å². The molecule has 5 heteroatoms. The van der Waals surface area contributed by atoms with Crippen molar-refractivity contribution in [2.24, 2.45) is 0 Å². The molecule has 26 heavy (non-hydrogen) atoms. The first kappa shape index (κ1) is 20.2. The van der Waals surface area contributed by atoms with Crippen LogP contribution in [0, 0.1) is 0 Å². The molecule has 3 aromatic rings. The van der Waals surface area contributed by atoms with Gasteiger partial charge in [0.15, 0.2) is 5.05 Å². The van der Waals surface area contributed by atoms with Crippen LogP contribution in [0.15, 0.2) is 84.9 Å². The SMILES string of the molecule is O=C(S)c1ccccc1.S=C(OCc1ccccc1)c1ccc(Cl)cc1. The highest BCUT2D eigenvalue weighted by Gasteiger charge is 2.02. The Morgan fingerprint density at radius 2 is 1.38 bits per heavy atom. The van der Waals surface area contributed by atoms with Gasteiger partial charge in [-0.25, -0.2) is 0 Å². The quantitative estimate of drug-likeness (QED) is 0.430. The number of carbonyl (C=O) groups excluding carboxylic acids is 1. The lowest BCUT2D eigenvalue weighted by Gasteiger charge is -2.07. The molecule has 0 atom stereocenters. The van der Waals surface area contributed by atoms with E-state index in [1.807, 2.05) is 60.7 Å². The molecule has 0 N–H and O–H groups in total. The minimum atomic E-state index is -0.185. The van der Waals surface area contributed by atoms with Crippen molar-refractivity contribution in [1.82, 2.24) is 0 Å². The van der Waals surface area contributed by atoms with Crippen LogP contribution in [-0.4, -0.2) is 10.2 Å². The van der Waals surface area contributed by atoms with Crippen LogP contribution >= 0.6 is 36.4 Å². The third-order valence-corrected chi connectivity index (χ3v) is 4.18. The summed E-state index contributed by atoms with van der Waals surface area (Å²) in [5.41, 5.74) is 2.62. The molecule has 0 aliphatic carbocycles. The molecule has 0 fully saturated rings. The van der Waals surface area contributed by atoms with Crippen LogP contribution in [0.1, 0.15) is 21.5 Å². The molecule has 0 heterocycles. The number of rotatable bonds is 4. The number of hydrogen-bond acceptors (Lipinski definition) is 3. The Bertz CT molecular complexity index is 835. The minimum Gasteiger partial charge on any atom is -0.478 e. The molecule has 0 aromatic heterocycles. The van der Waals surface area contributed by atoms with E-state index in [1.165, 1.54) is 0 Å². The second-order valence-electron chi connectivity index (χ2n) is 5.24. The molecule has 0 radical (unpaired) electrons. The van der Waals surface area contributed by atoms with Gasteiger partial charge in [-0.1, -0.05) is 72.3 Å². The maximum Gasteiger partial charge on any atom is 0.216 e.